The lowest BCUT2D eigenvalue weighted by Crippen LogP contribution is -2.49. The highest BCUT2D eigenvalue weighted by Crippen LogP contribution is 2.44. The van der Waals surface area contributed by atoms with Gasteiger partial charge in [-0.15, -0.1) is 0 Å². The van der Waals surface area contributed by atoms with Crippen molar-refractivity contribution < 1.29 is 19.3 Å². The second-order valence-electron chi connectivity index (χ2n) is 7.86. The van der Waals surface area contributed by atoms with Crippen molar-refractivity contribution >= 4 is 55.3 Å². The number of amides is 3. The number of hydrogen-bond acceptors (Lipinski definition) is 5. The molecule has 166 valence electrons. The zero-order valence-corrected chi connectivity index (χ0v) is 19.9. The molecule has 4 atom stereocenters. The van der Waals surface area contributed by atoms with Crippen LogP contribution in [0.15, 0.2) is 54.6 Å². The van der Waals surface area contributed by atoms with Crippen molar-refractivity contribution in [2.24, 2.45) is 11.8 Å². The van der Waals surface area contributed by atoms with Gasteiger partial charge in [-0.2, -0.15) is 5.01 Å². The van der Waals surface area contributed by atoms with Gasteiger partial charge in [-0.1, -0.05) is 68.3 Å². The Morgan fingerprint density at radius 2 is 1.59 bits per heavy atom. The highest BCUT2D eigenvalue weighted by Gasteiger charge is 2.54. The van der Waals surface area contributed by atoms with Gasteiger partial charge in [0.2, 0.25) is 0 Å². The van der Waals surface area contributed by atoms with Crippen molar-refractivity contribution in [1.82, 2.24) is 10.0 Å². The molecule has 0 unspecified atom stereocenters. The highest BCUT2D eigenvalue weighted by atomic mass is 79.9. The fourth-order valence-electron chi connectivity index (χ4n) is 4.21. The standard InChI is InChI=1S/C22H19Br2N3O5/c23-18-10-16-17(11-19(18)24)22(30)26(21(16)29)25(12-13-5-2-1-3-6-13)20(28)14-7-4-8-15(9-14)27(31)32/h1-9,16-19H,10-12H2/t16-,17-,18+,19+/m1/s1. The molecule has 0 aromatic heterocycles. The summed E-state index contributed by atoms with van der Waals surface area (Å²) in [6, 6.07) is 14.3. The van der Waals surface area contributed by atoms with Crippen LogP contribution in [0.2, 0.25) is 0 Å². The summed E-state index contributed by atoms with van der Waals surface area (Å²) in [4.78, 5) is 50.8. The quantitative estimate of drug-likeness (QED) is 0.236. The predicted molar refractivity (Wildman–Crippen MR) is 123 cm³/mol. The van der Waals surface area contributed by atoms with Crippen molar-refractivity contribution in [2.45, 2.75) is 29.0 Å². The van der Waals surface area contributed by atoms with Crippen molar-refractivity contribution in [3.05, 3.63) is 75.8 Å². The number of benzene rings is 2. The van der Waals surface area contributed by atoms with Crippen LogP contribution in [0, 0.1) is 22.0 Å². The number of nitro benzene ring substituents is 1. The van der Waals surface area contributed by atoms with E-state index in [2.05, 4.69) is 31.9 Å². The molecule has 1 saturated heterocycles. The molecule has 3 amide bonds. The van der Waals surface area contributed by atoms with Crippen LogP contribution in [0.1, 0.15) is 28.8 Å². The van der Waals surface area contributed by atoms with Gasteiger partial charge in [0.1, 0.15) is 0 Å². The summed E-state index contributed by atoms with van der Waals surface area (Å²) in [6.45, 7) is -0.0191. The van der Waals surface area contributed by atoms with E-state index in [1.54, 1.807) is 24.3 Å². The molecule has 1 aliphatic heterocycles. The summed E-state index contributed by atoms with van der Waals surface area (Å²) < 4.78 is 0. The Morgan fingerprint density at radius 1 is 1.00 bits per heavy atom. The van der Waals surface area contributed by atoms with Gasteiger partial charge >= 0.3 is 0 Å². The maximum atomic E-state index is 13.5. The average molecular weight is 565 g/mol. The fourth-order valence-corrected chi connectivity index (χ4v) is 5.44. The first kappa shape index (κ1) is 22.6. The van der Waals surface area contributed by atoms with E-state index in [4.69, 9.17) is 0 Å². The zero-order valence-electron chi connectivity index (χ0n) is 16.8. The van der Waals surface area contributed by atoms with Crippen molar-refractivity contribution in [2.75, 3.05) is 0 Å². The minimum Gasteiger partial charge on any atom is -0.272 e. The lowest BCUT2D eigenvalue weighted by molar-refractivity contribution is -0.384. The van der Waals surface area contributed by atoms with E-state index < -0.39 is 34.5 Å². The number of nitro groups is 1. The number of alkyl halides is 2. The molecular formula is C22H19Br2N3O5. The van der Waals surface area contributed by atoms with Crippen LogP contribution in [-0.4, -0.2) is 42.3 Å². The fraction of sp³-hybridized carbons (Fsp3) is 0.318. The number of imide groups is 1. The van der Waals surface area contributed by atoms with Crippen LogP contribution in [0.5, 0.6) is 0 Å². The Hall–Kier alpha value is -2.59. The maximum Gasteiger partial charge on any atom is 0.273 e. The number of rotatable bonds is 5. The average Bonchev–Trinajstić information content (AvgIpc) is 3.02. The second-order valence-corrected chi connectivity index (χ2v) is 10.2. The lowest BCUT2D eigenvalue weighted by atomic mass is 9.81. The topological polar surface area (TPSA) is 101 Å². The van der Waals surface area contributed by atoms with Crippen molar-refractivity contribution in [3.8, 4) is 0 Å². The Balaban J connectivity index is 1.72. The van der Waals surface area contributed by atoms with Gasteiger partial charge in [0, 0.05) is 27.4 Å². The number of nitrogens with zero attached hydrogens (tertiary/aromatic N) is 3. The molecule has 1 saturated carbocycles. The smallest absolute Gasteiger partial charge is 0.272 e. The van der Waals surface area contributed by atoms with Gasteiger partial charge in [-0.05, 0) is 24.5 Å². The van der Waals surface area contributed by atoms with Gasteiger partial charge in [-0.25, -0.2) is 5.01 Å². The third-order valence-electron chi connectivity index (χ3n) is 5.84. The Labute approximate surface area is 200 Å². The van der Waals surface area contributed by atoms with Gasteiger partial charge < -0.3 is 0 Å². The van der Waals surface area contributed by atoms with Gasteiger partial charge in [0.15, 0.2) is 0 Å². The number of non-ortho nitro benzene ring substituents is 1. The molecule has 0 N–H and O–H groups in total. The van der Waals surface area contributed by atoms with Crippen LogP contribution in [-0.2, 0) is 16.1 Å². The van der Waals surface area contributed by atoms with Gasteiger partial charge in [0.25, 0.3) is 23.4 Å². The molecule has 4 rings (SSSR count). The molecule has 0 bridgehead atoms. The maximum absolute atomic E-state index is 13.5. The van der Waals surface area contributed by atoms with E-state index in [-0.39, 0.29) is 27.4 Å². The van der Waals surface area contributed by atoms with Crippen LogP contribution in [0.4, 0.5) is 5.69 Å². The number of halogens is 2. The first-order valence-electron chi connectivity index (χ1n) is 10.0. The first-order valence-corrected chi connectivity index (χ1v) is 11.9. The molecule has 32 heavy (non-hydrogen) atoms. The molecule has 8 nitrogen and oxygen atoms in total. The Morgan fingerprint density at radius 3 is 2.16 bits per heavy atom. The number of carbonyl (C=O) groups excluding carboxylic acids is 3. The second kappa shape index (κ2) is 9.11. The molecule has 2 aromatic carbocycles. The lowest BCUT2D eigenvalue weighted by Gasteiger charge is -2.30. The summed E-state index contributed by atoms with van der Waals surface area (Å²) >= 11 is 7.12. The molecule has 1 heterocycles. The summed E-state index contributed by atoms with van der Waals surface area (Å²) in [6.07, 6.45) is 0.956. The summed E-state index contributed by atoms with van der Waals surface area (Å²) in [5, 5.41) is 13.2. The number of fused-ring (bicyclic) bond motifs is 1. The van der Waals surface area contributed by atoms with E-state index in [1.165, 1.54) is 18.2 Å². The zero-order chi connectivity index (χ0) is 23.0. The van der Waals surface area contributed by atoms with E-state index in [0.717, 1.165) is 21.6 Å². The molecule has 2 fully saturated rings. The van der Waals surface area contributed by atoms with Crippen molar-refractivity contribution in [3.63, 3.8) is 0 Å². The molecule has 2 aliphatic rings. The number of hydrogen-bond donors (Lipinski definition) is 0. The molecule has 1 aliphatic carbocycles. The number of hydrazine groups is 1. The largest absolute Gasteiger partial charge is 0.273 e. The molecule has 10 heteroatoms. The van der Waals surface area contributed by atoms with Gasteiger partial charge in [0.05, 0.1) is 23.3 Å². The van der Waals surface area contributed by atoms with Crippen LogP contribution in [0.3, 0.4) is 0 Å². The van der Waals surface area contributed by atoms with E-state index in [1.807, 2.05) is 6.07 Å². The SMILES string of the molecule is O=C(c1cccc([N+](=O)[O-])c1)N(Cc1ccccc1)N1C(=O)[C@@H]2C[C@H](Br)[C@@H](Br)C[C@H]2C1=O. The van der Waals surface area contributed by atoms with E-state index in [9.17, 15) is 24.5 Å². The minimum absolute atomic E-state index is 0.0191. The first-order chi connectivity index (χ1) is 15.3. The van der Waals surface area contributed by atoms with E-state index >= 15 is 0 Å². The normalized spacial score (nSPS) is 24.9. The third-order valence-corrected chi connectivity index (χ3v) is 8.58. The van der Waals surface area contributed by atoms with E-state index in [0.29, 0.717) is 12.8 Å². The minimum atomic E-state index is -0.649. The molecule has 2 aromatic rings. The highest BCUT2D eigenvalue weighted by molar-refractivity contribution is 9.12. The van der Waals surface area contributed by atoms with Crippen molar-refractivity contribution in [1.29, 1.82) is 0 Å². The summed E-state index contributed by atoms with van der Waals surface area (Å²) in [7, 11) is 0. The third kappa shape index (κ3) is 4.21. The summed E-state index contributed by atoms with van der Waals surface area (Å²) in [5.74, 6) is -2.52. The van der Waals surface area contributed by atoms with Crippen LogP contribution >= 0.6 is 31.9 Å². The number of carbonyl (C=O) groups is 3. The monoisotopic (exact) mass is 563 g/mol. The molecular weight excluding hydrogens is 546 g/mol. The Bertz CT molecular complexity index is 1050. The molecule has 0 radical (unpaired) electrons. The van der Waals surface area contributed by atoms with Crippen LogP contribution < -0.4 is 0 Å². The predicted octanol–water partition coefficient (Wildman–Crippen LogP) is 4.07. The van der Waals surface area contributed by atoms with Crippen LogP contribution in [0.25, 0.3) is 0 Å². The summed E-state index contributed by atoms with van der Waals surface area (Å²) in [5.41, 5.74) is 0.508. The Kier molecular flexibility index (Phi) is 6.43. The van der Waals surface area contributed by atoms with Gasteiger partial charge in [-0.3, -0.25) is 24.5 Å². The molecule has 0 spiro atoms.